The summed E-state index contributed by atoms with van der Waals surface area (Å²) in [5.74, 6) is 0.126. The minimum atomic E-state index is -0.715. The molecule has 118 valence electrons. The summed E-state index contributed by atoms with van der Waals surface area (Å²) in [6.45, 7) is 4.85. The van der Waals surface area contributed by atoms with E-state index in [-0.39, 0.29) is 11.9 Å². The van der Waals surface area contributed by atoms with Crippen LogP contribution in [0.2, 0.25) is 0 Å². The first-order chi connectivity index (χ1) is 10.0. The molecule has 1 atom stereocenters. The number of amides is 1. The number of hydrogen-bond donors (Lipinski definition) is 1. The Morgan fingerprint density at radius 1 is 1.33 bits per heavy atom. The SMILES string of the molecule is CCC(N)(CC)C(=O)N1CCCCCC1c1cccn1C. The molecule has 0 saturated carbocycles. The Hall–Kier alpha value is -1.29. The van der Waals surface area contributed by atoms with Crippen LogP contribution in [-0.2, 0) is 11.8 Å². The zero-order valence-corrected chi connectivity index (χ0v) is 13.6. The molecule has 0 aromatic carbocycles. The van der Waals surface area contributed by atoms with Crippen LogP contribution in [0.1, 0.15) is 64.1 Å². The van der Waals surface area contributed by atoms with Gasteiger partial charge in [-0.25, -0.2) is 0 Å². The van der Waals surface area contributed by atoms with Gasteiger partial charge in [0.05, 0.1) is 11.6 Å². The van der Waals surface area contributed by atoms with E-state index in [0.717, 1.165) is 19.4 Å². The van der Waals surface area contributed by atoms with Crippen LogP contribution in [0.25, 0.3) is 0 Å². The molecule has 2 heterocycles. The second-order valence-corrected chi connectivity index (χ2v) is 6.27. The lowest BCUT2D eigenvalue weighted by atomic mass is 9.91. The molecular weight excluding hydrogens is 262 g/mol. The molecule has 4 nitrogen and oxygen atoms in total. The van der Waals surface area contributed by atoms with Gasteiger partial charge in [-0.05, 0) is 37.8 Å². The lowest BCUT2D eigenvalue weighted by Crippen LogP contribution is -2.55. The van der Waals surface area contributed by atoms with Gasteiger partial charge in [-0.15, -0.1) is 0 Å². The molecule has 1 unspecified atom stereocenters. The van der Waals surface area contributed by atoms with Gasteiger partial charge in [0.25, 0.3) is 0 Å². The maximum atomic E-state index is 13.0. The molecule has 0 aliphatic carbocycles. The summed E-state index contributed by atoms with van der Waals surface area (Å²) >= 11 is 0. The Morgan fingerprint density at radius 3 is 2.62 bits per heavy atom. The van der Waals surface area contributed by atoms with E-state index in [1.165, 1.54) is 18.5 Å². The number of nitrogens with zero attached hydrogens (tertiary/aromatic N) is 2. The normalized spacial score (nSPS) is 20.4. The average Bonchev–Trinajstić information content (AvgIpc) is 2.78. The van der Waals surface area contributed by atoms with Gasteiger partial charge in [-0.2, -0.15) is 0 Å². The number of aryl methyl sites for hydroxylation is 1. The maximum absolute atomic E-state index is 13.0. The van der Waals surface area contributed by atoms with Crippen molar-refractivity contribution in [3.63, 3.8) is 0 Å². The Labute approximate surface area is 128 Å². The number of aromatic nitrogens is 1. The van der Waals surface area contributed by atoms with Crippen LogP contribution in [0, 0.1) is 0 Å². The number of likely N-dealkylation sites (tertiary alicyclic amines) is 1. The highest BCUT2D eigenvalue weighted by Gasteiger charge is 2.38. The predicted octanol–water partition coefficient (Wildman–Crippen LogP) is 2.99. The Bertz CT molecular complexity index is 476. The zero-order chi connectivity index (χ0) is 15.5. The van der Waals surface area contributed by atoms with Crippen LogP contribution in [0.4, 0.5) is 0 Å². The van der Waals surface area contributed by atoms with Crippen molar-refractivity contribution < 1.29 is 4.79 Å². The molecule has 0 bridgehead atoms. The number of carbonyl (C=O) groups is 1. The third kappa shape index (κ3) is 3.15. The van der Waals surface area contributed by atoms with Gasteiger partial charge in [-0.1, -0.05) is 26.7 Å². The summed E-state index contributed by atoms with van der Waals surface area (Å²) in [7, 11) is 2.05. The van der Waals surface area contributed by atoms with E-state index in [1.54, 1.807) is 0 Å². The van der Waals surface area contributed by atoms with Gasteiger partial charge < -0.3 is 15.2 Å². The number of rotatable bonds is 4. The average molecular weight is 291 g/mol. The van der Waals surface area contributed by atoms with Gasteiger partial charge >= 0.3 is 0 Å². The second-order valence-electron chi connectivity index (χ2n) is 6.27. The standard InChI is InChI=1S/C17H29N3O/c1-4-17(18,5-2)16(21)20-13-8-6-7-10-15(20)14-11-9-12-19(14)3/h9,11-12,15H,4-8,10,13,18H2,1-3H3. The van der Waals surface area contributed by atoms with E-state index in [9.17, 15) is 4.79 Å². The van der Waals surface area contributed by atoms with Gasteiger partial charge in [-0.3, -0.25) is 4.79 Å². The predicted molar refractivity (Wildman–Crippen MR) is 85.8 cm³/mol. The van der Waals surface area contributed by atoms with E-state index >= 15 is 0 Å². The molecular formula is C17H29N3O. The van der Waals surface area contributed by atoms with Gasteiger partial charge in [0.2, 0.25) is 5.91 Å². The smallest absolute Gasteiger partial charge is 0.243 e. The van der Waals surface area contributed by atoms with E-state index in [4.69, 9.17) is 5.73 Å². The number of carbonyl (C=O) groups excluding carboxylic acids is 1. The van der Waals surface area contributed by atoms with Crippen LogP contribution in [0.3, 0.4) is 0 Å². The van der Waals surface area contributed by atoms with Crippen LogP contribution in [0.5, 0.6) is 0 Å². The van der Waals surface area contributed by atoms with Crippen LogP contribution < -0.4 is 5.73 Å². The molecule has 2 rings (SSSR count). The van der Waals surface area contributed by atoms with Crippen molar-refractivity contribution in [3.05, 3.63) is 24.0 Å². The Morgan fingerprint density at radius 2 is 2.05 bits per heavy atom. The lowest BCUT2D eigenvalue weighted by Gasteiger charge is -2.37. The van der Waals surface area contributed by atoms with E-state index in [1.807, 2.05) is 13.8 Å². The highest BCUT2D eigenvalue weighted by atomic mass is 16.2. The molecule has 2 N–H and O–H groups in total. The largest absolute Gasteiger partial charge is 0.353 e. The van der Waals surface area contributed by atoms with Gasteiger partial charge in [0.15, 0.2) is 0 Å². The lowest BCUT2D eigenvalue weighted by molar-refractivity contribution is -0.140. The third-order valence-corrected chi connectivity index (χ3v) is 5.03. The van der Waals surface area contributed by atoms with Crippen molar-refractivity contribution in [3.8, 4) is 0 Å². The van der Waals surface area contributed by atoms with Crippen molar-refractivity contribution >= 4 is 5.91 Å². The summed E-state index contributed by atoms with van der Waals surface area (Å²) in [6.07, 6.45) is 7.93. The molecule has 1 aliphatic rings. The molecule has 1 aliphatic heterocycles. The quantitative estimate of drug-likeness (QED) is 0.927. The number of nitrogens with two attached hydrogens (primary N) is 1. The summed E-state index contributed by atoms with van der Waals surface area (Å²) in [6, 6.07) is 4.35. The first-order valence-electron chi connectivity index (χ1n) is 8.24. The van der Waals surface area contributed by atoms with Crippen LogP contribution >= 0.6 is 0 Å². The topological polar surface area (TPSA) is 51.3 Å². The zero-order valence-electron chi connectivity index (χ0n) is 13.6. The summed E-state index contributed by atoms with van der Waals surface area (Å²) in [5, 5.41) is 0. The molecule has 1 saturated heterocycles. The first kappa shape index (κ1) is 16.1. The molecule has 0 radical (unpaired) electrons. The highest BCUT2D eigenvalue weighted by molar-refractivity contribution is 5.86. The summed E-state index contributed by atoms with van der Waals surface area (Å²) in [5.41, 5.74) is 6.89. The molecule has 0 spiro atoms. The van der Waals surface area contributed by atoms with Crippen LogP contribution in [0.15, 0.2) is 18.3 Å². The van der Waals surface area contributed by atoms with Crippen molar-refractivity contribution in [2.75, 3.05) is 6.54 Å². The monoisotopic (exact) mass is 291 g/mol. The molecule has 4 heteroatoms. The number of hydrogen-bond acceptors (Lipinski definition) is 2. The van der Waals surface area contributed by atoms with E-state index < -0.39 is 5.54 Å². The highest BCUT2D eigenvalue weighted by Crippen LogP contribution is 2.32. The molecule has 1 aromatic heterocycles. The molecule has 1 amide bonds. The summed E-state index contributed by atoms with van der Waals surface area (Å²) < 4.78 is 2.13. The van der Waals surface area contributed by atoms with Gasteiger partial charge in [0, 0.05) is 25.5 Å². The van der Waals surface area contributed by atoms with E-state index in [0.29, 0.717) is 12.8 Å². The molecule has 21 heavy (non-hydrogen) atoms. The molecule has 1 fully saturated rings. The van der Waals surface area contributed by atoms with E-state index in [2.05, 4.69) is 34.8 Å². The minimum absolute atomic E-state index is 0.126. The second kappa shape index (κ2) is 6.65. The third-order valence-electron chi connectivity index (χ3n) is 5.03. The van der Waals surface area contributed by atoms with Crippen molar-refractivity contribution in [2.45, 2.75) is 64.0 Å². The Kier molecular flexibility index (Phi) is 5.09. The van der Waals surface area contributed by atoms with Crippen LogP contribution in [-0.4, -0.2) is 27.5 Å². The minimum Gasteiger partial charge on any atom is -0.353 e. The van der Waals surface area contributed by atoms with Crippen molar-refractivity contribution in [2.24, 2.45) is 12.8 Å². The van der Waals surface area contributed by atoms with Crippen molar-refractivity contribution in [1.29, 1.82) is 0 Å². The molecule has 1 aromatic rings. The fraction of sp³-hybridized carbons (Fsp3) is 0.706. The fourth-order valence-electron chi connectivity index (χ4n) is 3.32. The van der Waals surface area contributed by atoms with Crippen molar-refractivity contribution in [1.82, 2.24) is 9.47 Å². The first-order valence-corrected chi connectivity index (χ1v) is 8.24. The maximum Gasteiger partial charge on any atom is 0.243 e. The van der Waals surface area contributed by atoms with Gasteiger partial charge in [0.1, 0.15) is 0 Å². The Balaban J connectivity index is 2.32. The fourth-order valence-corrected chi connectivity index (χ4v) is 3.32. The summed E-state index contributed by atoms with van der Waals surface area (Å²) in [4.78, 5) is 15.1.